The number of carboxylic acid groups (broad SMARTS) is 1. The predicted octanol–water partition coefficient (Wildman–Crippen LogP) is 2.22. The first-order chi connectivity index (χ1) is 9.62. The van der Waals surface area contributed by atoms with Gasteiger partial charge >= 0.3 is 12.0 Å². The van der Waals surface area contributed by atoms with Crippen molar-refractivity contribution < 1.29 is 14.7 Å². The lowest BCUT2D eigenvalue weighted by Gasteiger charge is -2.28. The summed E-state index contributed by atoms with van der Waals surface area (Å²) >= 11 is 1.84. The first-order valence-electron chi connectivity index (χ1n) is 7.48. The average molecular weight is 300 g/mol. The summed E-state index contributed by atoms with van der Waals surface area (Å²) in [6.45, 7) is 0.244. The number of amides is 2. The van der Waals surface area contributed by atoms with Crippen LogP contribution in [0.3, 0.4) is 0 Å². The molecule has 20 heavy (non-hydrogen) atoms. The molecular weight excluding hydrogens is 276 g/mol. The van der Waals surface area contributed by atoms with Gasteiger partial charge in [0.25, 0.3) is 0 Å². The van der Waals surface area contributed by atoms with Crippen molar-refractivity contribution in [3.05, 3.63) is 0 Å². The van der Waals surface area contributed by atoms with Gasteiger partial charge in [-0.05, 0) is 25.0 Å². The van der Waals surface area contributed by atoms with Crippen LogP contribution in [-0.2, 0) is 4.79 Å². The van der Waals surface area contributed by atoms with Gasteiger partial charge in [0.2, 0.25) is 0 Å². The van der Waals surface area contributed by atoms with Crippen molar-refractivity contribution in [1.29, 1.82) is 0 Å². The fraction of sp³-hybridized carbons (Fsp3) is 0.857. The Labute approximate surface area is 124 Å². The summed E-state index contributed by atoms with van der Waals surface area (Å²) in [5, 5.41) is 15.3. The fourth-order valence-corrected chi connectivity index (χ4v) is 4.16. The minimum atomic E-state index is -0.767. The molecule has 1 aliphatic heterocycles. The zero-order valence-corrected chi connectivity index (χ0v) is 12.6. The highest BCUT2D eigenvalue weighted by Gasteiger charge is 2.39. The minimum absolute atomic E-state index is 0.220. The molecule has 2 amide bonds. The molecule has 1 heterocycles. The Morgan fingerprint density at radius 2 is 1.90 bits per heavy atom. The van der Waals surface area contributed by atoms with E-state index in [1.165, 1.54) is 0 Å². The monoisotopic (exact) mass is 300 g/mol. The summed E-state index contributed by atoms with van der Waals surface area (Å²) in [4.78, 5) is 23.5. The van der Waals surface area contributed by atoms with Crippen LogP contribution in [-0.4, -0.2) is 41.2 Å². The first kappa shape index (κ1) is 15.5. The third-order valence-corrected chi connectivity index (χ3v) is 5.53. The number of thioether (sulfide) groups is 1. The van der Waals surface area contributed by atoms with Gasteiger partial charge in [-0.15, -0.1) is 0 Å². The number of carbonyl (C=O) groups is 2. The van der Waals surface area contributed by atoms with E-state index in [2.05, 4.69) is 10.6 Å². The third kappa shape index (κ3) is 4.04. The van der Waals surface area contributed by atoms with Gasteiger partial charge in [0.1, 0.15) is 0 Å². The molecule has 1 atom stereocenters. The van der Waals surface area contributed by atoms with Crippen LogP contribution in [0.15, 0.2) is 0 Å². The van der Waals surface area contributed by atoms with E-state index >= 15 is 0 Å². The van der Waals surface area contributed by atoms with Gasteiger partial charge in [0, 0.05) is 18.3 Å². The highest BCUT2D eigenvalue weighted by molar-refractivity contribution is 7.99. The molecule has 0 bridgehead atoms. The highest BCUT2D eigenvalue weighted by atomic mass is 32.2. The van der Waals surface area contributed by atoms with Crippen molar-refractivity contribution in [2.45, 2.75) is 51.0 Å². The van der Waals surface area contributed by atoms with Crippen LogP contribution in [0.1, 0.15) is 44.9 Å². The van der Waals surface area contributed by atoms with E-state index in [0.29, 0.717) is 12.8 Å². The molecule has 0 spiro atoms. The quantitative estimate of drug-likeness (QED) is 0.696. The Bertz CT molecular complexity index is 348. The zero-order chi connectivity index (χ0) is 14.4. The Balaban J connectivity index is 1.84. The van der Waals surface area contributed by atoms with Crippen molar-refractivity contribution in [3.8, 4) is 0 Å². The molecule has 0 aromatic rings. The van der Waals surface area contributed by atoms with Crippen LogP contribution in [0, 0.1) is 5.41 Å². The maximum Gasteiger partial charge on any atom is 0.315 e. The van der Waals surface area contributed by atoms with Crippen molar-refractivity contribution in [2.75, 3.05) is 18.1 Å². The van der Waals surface area contributed by atoms with Crippen LogP contribution < -0.4 is 10.6 Å². The van der Waals surface area contributed by atoms with E-state index in [4.69, 9.17) is 0 Å². The van der Waals surface area contributed by atoms with Gasteiger partial charge in [-0.1, -0.05) is 25.7 Å². The molecule has 3 N–H and O–H groups in total. The van der Waals surface area contributed by atoms with Crippen molar-refractivity contribution in [1.82, 2.24) is 10.6 Å². The van der Waals surface area contributed by atoms with Crippen molar-refractivity contribution in [3.63, 3.8) is 0 Å². The van der Waals surface area contributed by atoms with Crippen molar-refractivity contribution in [2.24, 2.45) is 5.41 Å². The van der Waals surface area contributed by atoms with Gasteiger partial charge in [-0.25, -0.2) is 4.79 Å². The third-order valence-electron chi connectivity index (χ3n) is 4.37. The van der Waals surface area contributed by atoms with Crippen LogP contribution >= 0.6 is 11.8 Å². The minimum Gasteiger partial charge on any atom is -0.481 e. The van der Waals surface area contributed by atoms with Crippen LogP contribution in [0.4, 0.5) is 4.79 Å². The maximum atomic E-state index is 11.9. The van der Waals surface area contributed by atoms with E-state index in [1.807, 2.05) is 11.8 Å². The largest absolute Gasteiger partial charge is 0.481 e. The lowest BCUT2D eigenvalue weighted by atomic mass is 9.80. The predicted molar refractivity (Wildman–Crippen MR) is 80.0 cm³/mol. The normalized spacial score (nSPS) is 25.7. The molecule has 2 aliphatic rings. The lowest BCUT2D eigenvalue weighted by molar-refractivity contribution is -0.149. The summed E-state index contributed by atoms with van der Waals surface area (Å²) in [6.07, 6.45) is 6.41. The molecule has 5 nitrogen and oxygen atoms in total. The van der Waals surface area contributed by atoms with Gasteiger partial charge in [-0.3, -0.25) is 4.79 Å². The topological polar surface area (TPSA) is 78.4 Å². The maximum absolute atomic E-state index is 11.9. The Morgan fingerprint density at radius 3 is 2.45 bits per heavy atom. The SMILES string of the molecule is O=C(NCC1(C(=O)O)CCCCCC1)NC1CCSC1. The molecule has 0 aromatic heterocycles. The second kappa shape index (κ2) is 7.20. The Morgan fingerprint density at radius 1 is 1.20 bits per heavy atom. The first-order valence-corrected chi connectivity index (χ1v) is 8.63. The van der Waals surface area contributed by atoms with Crippen LogP contribution in [0.2, 0.25) is 0 Å². The number of hydrogen-bond donors (Lipinski definition) is 3. The second-order valence-electron chi connectivity index (χ2n) is 5.89. The number of rotatable bonds is 4. The molecular formula is C14H24N2O3S. The Kier molecular flexibility index (Phi) is 5.57. The molecule has 6 heteroatoms. The number of nitrogens with one attached hydrogen (secondary N) is 2. The van der Waals surface area contributed by atoms with E-state index < -0.39 is 11.4 Å². The average Bonchev–Trinajstić information content (AvgIpc) is 2.79. The van der Waals surface area contributed by atoms with Gasteiger partial charge in [0.05, 0.1) is 5.41 Å². The molecule has 1 saturated heterocycles. The lowest BCUT2D eigenvalue weighted by Crippen LogP contribution is -2.48. The summed E-state index contributed by atoms with van der Waals surface area (Å²) in [7, 11) is 0. The van der Waals surface area contributed by atoms with Gasteiger partial charge in [-0.2, -0.15) is 11.8 Å². The molecule has 1 aliphatic carbocycles. The molecule has 2 fully saturated rings. The number of aliphatic carboxylic acids is 1. The van der Waals surface area contributed by atoms with Crippen LogP contribution in [0.5, 0.6) is 0 Å². The molecule has 2 rings (SSSR count). The summed E-state index contributed by atoms with van der Waals surface area (Å²) < 4.78 is 0. The Hall–Kier alpha value is -0.910. The van der Waals surface area contributed by atoms with Crippen LogP contribution in [0.25, 0.3) is 0 Å². The van der Waals surface area contributed by atoms with E-state index in [-0.39, 0.29) is 18.6 Å². The molecule has 1 saturated carbocycles. The molecule has 0 aromatic carbocycles. The zero-order valence-electron chi connectivity index (χ0n) is 11.8. The molecule has 1 unspecified atom stereocenters. The van der Waals surface area contributed by atoms with E-state index in [0.717, 1.165) is 43.6 Å². The van der Waals surface area contributed by atoms with Crippen molar-refractivity contribution >= 4 is 23.8 Å². The second-order valence-corrected chi connectivity index (χ2v) is 7.04. The number of urea groups is 1. The number of carboxylic acids is 1. The van der Waals surface area contributed by atoms with E-state index in [1.54, 1.807) is 0 Å². The van der Waals surface area contributed by atoms with Gasteiger partial charge in [0.15, 0.2) is 0 Å². The summed E-state index contributed by atoms with van der Waals surface area (Å²) in [6, 6.07) is 0.0114. The summed E-state index contributed by atoms with van der Waals surface area (Å²) in [5.74, 6) is 1.28. The fourth-order valence-electron chi connectivity index (χ4n) is 3.01. The number of hydrogen-bond acceptors (Lipinski definition) is 3. The van der Waals surface area contributed by atoms with Gasteiger partial charge < -0.3 is 15.7 Å². The molecule has 0 radical (unpaired) electrons. The highest BCUT2D eigenvalue weighted by Crippen LogP contribution is 2.34. The smallest absolute Gasteiger partial charge is 0.315 e. The number of carbonyl (C=O) groups excluding carboxylic acids is 1. The summed E-state index contributed by atoms with van der Waals surface area (Å²) in [5.41, 5.74) is -0.766. The standard InChI is InChI=1S/C14H24N2O3S/c17-12(18)14(6-3-1-2-4-7-14)10-15-13(19)16-11-5-8-20-9-11/h11H,1-10H2,(H,17,18)(H2,15,16,19). The van der Waals surface area contributed by atoms with E-state index in [9.17, 15) is 14.7 Å². The molecule has 114 valence electrons.